The number of hydrogen-bond acceptors (Lipinski definition) is 1. The molecule has 0 heterocycles. The molecule has 8 heavy (non-hydrogen) atoms. The van der Waals surface area contributed by atoms with Crippen molar-refractivity contribution in [3.05, 3.63) is 37.1 Å². The topological polar surface area (TPSA) is 12.4 Å². The number of allylic oxidation sites excluding steroid dienone is 4. The Morgan fingerprint density at radius 3 is 2.38 bits per heavy atom. The van der Waals surface area contributed by atoms with Crippen LogP contribution in [0.15, 0.2) is 42.1 Å². The van der Waals surface area contributed by atoms with E-state index in [1.54, 1.807) is 18.4 Å². The summed E-state index contributed by atoms with van der Waals surface area (Å²) < 4.78 is 0. The van der Waals surface area contributed by atoms with Gasteiger partial charge in [-0.1, -0.05) is 24.8 Å². The summed E-state index contributed by atoms with van der Waals surface area (Å²) in [5.74, 6) is 0. The Balaban J connectivity index is 3.41. The highest BCUT2D eigenvalue weighted by molar-refractivity contribution is 5.26. The molecule has 0 aliphatic carbocycles. The van der Waals surface area contributed by atoms with Gasteiger partial charge in [0, 0.05) is 6.20 Å². The van der Waals surface area contributed by atoms with Crippen molar-refractivity contribution in [3.63, 3.8) is 0 Å². The zero-order chi connectivity index (χ0) is 6.24. The van der Waals surface area contributed by atoms with Crippen molar-refractivity contribution in [2.75, 3.05) is 0 Å². The predicted octanol–water partition coefficient (Wildman–Crippen LogP) is 1.94. The molecule has 0 amide bonds. The van der Waals surface area contributed by atoms with Gasteiger partial charge in [0.05, 0.1) is 0 Å². The van der Waals surface area contributed by atoms with Crippen LogP contribution >= 0.6 is 0 Å². The second kappa shape index (κ2) is 5.89. The summed E-state index contributed by atoms with van der Waals surface area (Å²) in [5.41, 5.74) is 0. The fourth-order valence-electron chi connectivity index (χ4n) is 0.253. The molecule has 0 fully saturated rings. The summed E-state index contributed by atoms with van der Waals surface area (Å²) in [4.78, 5) is 3.49. The fourth-order valence-corrected chi connectivity index (χ4v) is 0.253. The highest BCUT2D eigenvalue weighted by atomic mass is 14.6. The summed E-state index contributed by atoms with van der Waals surface area (Å²) in [5, 5.41) is 0. The lowest BCUT2D eigenvalue weighted by Gasteiger charge is -1.67. The van der Waals surface area contributed by atoms with Crippen molar-refractivity contribution in [3.8, 4) is 0 Å². The molecule has 0 atom stereocenters. The molecule has 0 saturated carbocycles. The summed E-state index contributed by atoms with van der Waals surface area (Å²) in [7, 11) is 0. The Morgan fingerprint density at radius 2 is 1.88 bits per heavy atom. The van der Waals surface area contributed by atoms with Gasteiger partial charge in [-0.3, -0.25) is 4.99 Å². The molecule has 0 N–H and O–H groups in total. The van der Waals surface area contributed by atoms with Crippen LogP contribution < -0.4 is 0 Å². The summed E-state index contributed by atoms with van der Waals surface area (Å²) >= 11 is 0. The lowest BCUT2D eigenvalue weighted by molar-refractivity contribution is 1.61. The number of hydrogen-bond donors (Lipinski definition) is 0. The number of rotatable bonds is 3. The average molecular weight is 107 g/mol. The second-order valence-corrected chi connectivity index (χ2v) is 1.14. The Kier molecular flexibility index (Phi) is 5.07. The SMILES string of the molecule is C=C/C=C\C=C/N=C. The maximum absolute atomic E-state index is 3.49. The van der Waals surface area contributed by atoms with Crippen molar-refractivity contribution in [1.82, 2.24) is 0 Å². The van der Waals surface area contributed by atoms with E-state index in [1.807, 2.05) is 12.2 Å². The molecule has 0 spiro atoms. The van der Waals surface area contributed by atoms with E-state index >= 15 is 0 Å². The predicted molar refractivity (Wildman–Crippen MR) is 38.0 cm³/mol. The van der Waals surface area contributed by atoms with Crippen LogP contribution in [0.5, 0.6) is 0 Å². The Hall–Kier alpha value is -1.11. The van der Waals surface area contributed by atoms with Crippen molar-refractivity contribution in [2.45, 2.75) is 0 Å². The third-order valence-electron chi connectivity index (χ3n) is 0.550. The van der Waals surface area contributed by atoms with Gasteiger partial charge in [0.2, 0.25) is 0 Å². The van der Waals surface area contributed by atoms with E-state index < -0.39 is 0 Å². The van der Waals surface area contributed by atoms with E-state index in [1.165, 1.54) is 0 Å². The first-order valence-corrected chi connectivity index (χ1v) is 2.32. The van der Waals surface area contributed by atoms with Crippen molar-refractivity contribution < 1.29 is 0 Å². The van der Waals surface area contributed by atoms with Crippen molar-refractivity contribution in [1.29, 1.82) is 0 Å². The monoisotopic (exact) mass is 107 g/mol. The van der Waals surface area contributed by atoms with Gasteiger partial charge in [0.25, 0.3) is 0 Å². The molecular weight excluding hydrogens is 98.1 g/mol. The zero-order valence-corrected chi connectivity index (χ0v) is 4.75. The minimum Gasteiger partial charge on any atom is -0.273 e. The maximum atomic E-state index is 3.49. The van der Waals surface area contributed by atoms with E-state index in [0.29, 0.717) is 0 Å². The molecule has 42 valence electrons. The molecule has 0 aromatic carbocycles. The van der Waals surface area contributed by atoms with Crippen LogP contribution in [0.4, 0.5) is 0 Å². The molecule has 0 aliphatic heterocycles. The lowest BCUT2D eigenvalue weighted by Crippen LogP contribution is -1.46. The van der Waals surface area contributed by atoms with E-state index in [0.717, 1.165) is 0 Å². The first-order chi connectivity index (χ1) is 3.91. The fraction of sp³-hybridized carbons (Fsp3) is 0. The van der Waals surface area contributed by atoms with Crippen molar-refractivity contribution in [2.24, 2.45) is 4.99 Å². The molecule has 0 unspecified atom stereocenters. The molecule has 1 heteroatoms. The van der Waals surface area contributed by atoms with Crippen LogP contribution in [0.3, 0.4) is 0 Å². The first kappa shape index (κ1) is 6.89. The molecule has 0 aromatic rings. The largest absolute Gasteiger partial charge is 0.273 e. The lowest BCUT2D eigenvalue weighted by atomic mass is 10.5. The number of nitrogens with zero attached hydrogens (tertiary/aromatic N) is 1. The van der Waals surface area contributed by atoms with Crippen LogP contribution in [-0.4, -0.2) is 6.72 Å². The quantitative estimate of drug-likeness (QED) is 0.386. The Morgan fingerprint density at radius 1 is 1.12 bits per heavy atom. The van der Waals surface area contributed by atoms with Gasteiger partial charge >= 0.3 is 0 Å². The van der Waals surface area contributed by atoms with Gasteiger partial charge < -0.3 is 0 Å². The Bertz CT molecular complexity index is 104. The van der Waals surface area contributed by atoms with Crippen LogP contribution in [0.25, 0.3) is 0 Å². The van der Waals surface area contributed by atoms with Crippen LogP contribution in [0, 0.1) is 0 Å². The van der Waals surface area contributed by atoms with Crippen LogP contribution in [0.2, 0.25) is 0 Å². The molecule has 0 bridgehead atoms. The third kappa shape index (κ3) is 4.89. The van der Waals surface area contributed by atoms with Gasteiger partial charge in [-0.05, 0) is 12.8 Å². The maximum Gasteiger partial charge on any atom is 0.0260 e. The molecule has 0 aromatic heterocycles. The van der Waals surface area contributed by atoms with Crippen LogP contribution in [-0.2, 0) is 0 Å². The van der Waals surface area contributed by atoms with E-state index in [-0.39, 0.29) is 0 Å². The summed E-state index contributed by atoms with van der Waals surface area (Å²) in [6.45, 7) is 6.75. The van der Waals surface area contributed by atoms with E-state index in [9.17, 15) is 0 Å². The smallest absolute Gasteiger partial charge is 0.0260 e. The van der Waals surface area contributed by atoms with Gasteiger partial charge in [-0.15, -0.1) is 0 Å². The van der Waals surface area contributed by atoms with Gasteiger partial charge in [0.1, 0.15) is 0 Å². The standard InChI is InChI=1S/C7H9N/c1-3-4-5-6-7-8-2/h3-7H,1-2H2/b5-4-,7-6-. The first-order valence-electron chi connectivity index (χ1n) is 2.32. The van der Waals surface area contributed by atoms with Gasteiger partial charge in [0.15, 0.2) is 0 Å². The average Bonchev–Trinajstić information content (AvgIpc) is 1.81. The highest BCUT2D eigenvalue weighted by Crippen LogP contribution is 1.76. The summed E-state index contributed by atoms with van der Waals surface area (Å²) in [6.07, 6.45) is 8.76. The third-order valence-corrected chi connectivity index (χ3v) is 0.550. The second-order valence-electron chi connectivity index (χ2n) is 1.14. The normalized spacial score (nSPS) is 10.5. The molecule has 1 nitrogen and oxygen atoms in total. The van der Waals surface area contributed by atoms with E-state index in [2.05, 4.69) is 18.3 Å². The van der Waals surface area contributed by atoms with Gasteiger partial charge in [-0.2, -0.15) is 0 Å². The molecule has 0 rings (SSSR count). The zero-order valence-electron chi connectivity index (χ0n) is 4.75. The molecular formula is C7H9N. The highest BCUT2D eigenvalue weighted by Gasteiger charge is 1.55. The minimum absolute atomic E-state index is 1.61. The molecule has 0 saturated heterocycles. The van der Waals surface area contributed by atoms with Crippen LogP contribution in [0.1, 0.15) is 0 Å². The van der Waals surface area contributed by atoms with Crippen molar-refractivity contribution >= 4 is 6.72 Å². The Labute approximate surface area is 49.8 Å². The van der Waals surface area contributed by atoms with E-state index in [4.69, 9.17) is 0 Å². The minimum atomic E-state index is 1.61. The summed E-state index contributed by atoms with van der Waals surface area (Å²) in [6, 6.07) is 0. The molecule has 0 radical (unpaired) electrons. The molecule has 0 aliphatic rings. The number of aliphatic imine (C=N–C) groups is 1. The van der Waals surface area contributed by atoms with Gasteiger partial charge in [-0.25, -0.2) is 0 Å².